The van der Waals surface area contributed by atoms with Crippen LogP contribution in [0.4, 0.5) is 0 Å². The number of rotatable bonds is 8. The number of nitrogens with zero attached hydrogens (tertiary/aromatic N) is 4. The predicted octanol–water partition coefficient (Wildman–Crippen LogP) is 2.44. The highest BCUT2D eigenvalue weighted by Gasteiger charge is 2.22. The third-order valence-corrected chi connectivity index (χ3v) is 4.25. The quantitative estimate of drug-likeness (QED) is 0.437. The lowest BCUT2D eigenvalue weighted by atomic mass is 10.1. The highest BCUT2D eigenvalue weighted by Crippen LogP contribution is 2.17. The van der Waals surface area contributed by atoms with Gasteiger partial charge >= 0.3 is 0 Å². The van der Waals surface area contributed by atoms with Crippen molar-refractivity contribution in [1.29, 1.82) is 0 Å². The zero-order chi connectivity index (χ0) is 21.5. The summed E-state index contributed by atoms with van der Waals surface area (Å²) in [6.07, 6.45) is 1.50. The van der Waals surface area contributed by atoms with Crippen LogP contribution in [0, 0.1) is 0 Å². The van der Waals surface area contributed by atoms with Crippen LogP contribution in [0.1, 0.15) is 26.4 Å². The van der Waals surface area contributed by atoms with Gasteiger partial charge in [-0.15, -0.1) is 5.10 Å². The number of hydrogen-bond donors (Lipinski definition) is 1. The van der Waals surface area contributed by atoms with E-state index in [0.717, 1.165) is 10.4 Å². The lowest BCUT2D eigenvalue weighted by Crippen LogP contribution is -2.21. The molecule has 0 saturated heterocycles. The first-order valence-corrected chi connectivity index (χ1v) is 9.17. The van der Waals surface area contributed by atoms with Crippen LogP contribution < -0.4 is 14.8 Å². The molecule has 0 radical (unpaired) electrons. The average Bonchev–Trinajstić information content (AvgIpc) is 3.19. The van der Waals surface area contributed by atoms with Gasteiger partial charge in [-0.3, -0.25) is 9.59 Å². The second kappa shape index (κ2) is 9.66. The normalized spacial score (nSPS) is 10.8. The van der Waals surface area contributed by atoms with Gasteiger partial charge in [0.05, 0.1) is 13.3 Å². The number of carbonyl (C=O) groups is 2. The largest absolute Gasteiger partial charge is 0.497 e. The van der Waals surface area contributed by atoms with Gasteiger partial charge in [0, 0.05) is 17.6 Å². The van der Waals surface area contributed by atoms with E-state index in [-0.39, 0.29) is 24.0 Å². The van der Waals surface area contributed by atoms with Gasteiger partial charge in [0.1, 0.15) is 5.75 Å². The molecule has 0 unspecified atom stereocenters. The Kier molecular flexibility index (Phi) is 6.76. The van der Waals surface area contributed by atoms with E-state index in [0.29, 0.717) is 16.3 Å². The summed E-state index contributed by atoms with van der Waals surface area (Å²) < 4.78 is 10.7. The molecule has 3 rings (SSSR count). The maximum Gasteiger partial charge on any atom is 0.277 e. The maximum absolute atomic E-state index is 12.4. The number of ether oxygens (including phenoxy) is 2. The molecule has 2 aromatic carbocycles. The summed E-state index contributed by atoms with van der Waals surface area (Å²) in [4.78, 5) is 25.6. The van der Waals surface area contributed by atoms with Gasteiger partial charge in [-0.05, 0) is 47.2 Å². The maximum atomic E-state index is 12.4. The highest BCUT2D eigenvalue weighted by molar-refractivity contribution is 6.30. The van der Waals surface area contributed by atoms with E-state index in [2.05, 4.69) is 20.7 Å². The van der Waals surface area contributed by atoms with Gasteiger partial charge < -0.3 is 14.8 Å². The molecule has 3 aromatic rings. The number of hydrogen-bond acceptors (Lipinski definition) is 7. The summed E-state index contributed by atoms with van der Waals surface area (Å²) in [5, 5.41) is 14.8. The van der Waals surface area contributed by atoms with Crippen molar-refractivity contribution in [3.05, 3.63) is 70.4 Å². The van der Waals surface area contributed by atoms with Crippen molar-refractivity contribution >= 4 is 29.5 Å². The van der Waals surface area contributed by atoms with Crippen LogP contribution in [0.5, 0.6) is 11.6 Å². The van der Waals surface area contributed by atoms with Crippen molar-refractivity contribution in [3.8, 4) is 11.6 Å². The lowest BCUT2D eigenvalue weighted by Gasteiger charge is -2.07. The van der Waals surface area contributed by atoms with Crippen molar-refractivity contribution in [1.82, 2.24) is 20.4 Å². The number of methoxy groups -OCH3 is 1. The van der Waals surface area contributed by atoms with E-state index in [1.165, 1.54) is 13.3 Å². The molecular formula is C20H18ClN5O4. The molecule has 0 spiro atoms. The molecule has 0 aliphatic rings. The summed E-state index contributed by atoms with van der Waals surface area (Å²) in [5.74, 6) is -0.237. The van der Waals surface area contributed by atoms with E-state index < -0.39 is 5.91 Å². The molecule has 1 amide bonds. The first-order chi connectivity index (χ1) is 14.5. The fraction of sp³-hybridized carbons (Fsp3) is 0.150. The third-order valence-electron chi connectivity index (χ3n) is 3.99. The number of amides is 1. The molecule has 0 aliphatic carbocycles. The monoisotopic (exact) mass is 427 g/mol. The molecule has 0 bridgehead atoms. The number of benzene rings is 2. The number of nitrogens with one attached hydrogen (secondary N) is 1. The van der Waals surface area contributed by atoms with Crippen LogP contribution in [-0.2, 0) is 0 Å². The Balaban J connectivity index is 1.80. The molecule has 0 saturated carbocycles. The van der Waals surface area contributed by atoms with Gasteiger partial charge in [-0.2, -0.15) is 5.10 Å². The topological polar surface area (TPSA) is 108 Å². The van der Waals surface area contributed by atoms with Crippen molar-refractivity contribution in [2.75, 3.05) is 20.8 Å². The van der Waals surface area contributed by atoms with E-state index >= 15 is 0 Å². The van der Waals surface area contributed by atoms with E-state index in [1.807, 2.05) is 0 Å². The van der Waals surface area contributed by atoms with Gasteiger partial charge in [-0.25, -0.2) is 0 Å². The summed E-state index contributed by atoms with van der Waals surface area (Å²) in [6.45, 7) is -0.333. The third kappa shape index (κ3) is 5.00. The Labute approximate surface area is 177 Å². The summed E-state index contributed by atoms with van der Waals surface area (Å²) in [7, 11) is 2.99. The Bertz CT molecular complexity index is 1060. The standard InChI is InChI=1S/C20H18ClN5O4/c1-22-19(28)18-20(30-12-17(27)14-5-9-16(29-2)10-6-14)26(25-24-18)23-11-13-3-7-15(21)8-4-13/h3-11H,12H2,1-2H3,(H,22,28)/b23-11-. The van der Waals surface area contributed by atoms with Gasteiger partial charge in [0.25, 0.3) is 11.8 Å². The van der Waals surface area contributed by atoms with Crippen molar-refractivity contribution in [2.24, 2.45) is 5.10 Å². The molecule has 1 heterocycles. The Morgan fingerprint density at radius 1 is 1.17 bits per heavy atom. The molecule has 1 N–H and O–H groups in total. The molecule has 30 heavy (non-hydrogen) atoms. The van der Waals surface area contributed by atoms with Crippen molar-refractivity contribution < 1.29 is 19.1 Å². The Morgan fingerprint density at radius 2 is 1.87 bits per heavy atom. The van der Waals surface area contributed by atoms with Crippen LogP contribution in [-0.4, -0.2) is 53.8 Å². The molecule has 0 fully saturated rings. The number of ketones is 1. The van der Waals surface area contributed by atoms with Gasteiger partial charge in [-0.1, -0.05) is 28.5 Å². The van der Waals surface area contributed by atoms with Crippen molar-refractivity contribution in [2.45, 2.75) is 0 Å². The second-order valence-electron chi connectivity index (χ2n) is 5.95. The number of carbonyl (C=O) groups excluding carboxylic acids is 2. The lowest BCUT2D eigenvalue weighted by molar-refractivity contribution is 0.0898. The molecule has 1 aromatic heterocycles. The van der Waals surface area contributed by atoms with Crippen LogP contribution in [0.15, 0.2) is 53.6 Å². The highest BCUT2D eigenvalue weighted by atomic mass is 35.5. The smallest absolute Gasteiger partial charge is 0.277 e. The first-order valence-electron chi connectivity index (χ1n) is 8.79. The molecule has 10 heteroatoms. The number of halogens is 1. The minimum Gasteiger partial charge on any atom is -0.497 e. The van der Waals surface area contributed by atoms with Crippen molar-refractivity contribution in [3.63, 3.8) is 0 Å². The summed E-state index contributed by atoms with van der Waals surface area (Å²) in [6, 6.07) is 13.5. The van der Waals surface area contributed by atoms with Gasteiger partial charge in [0.15, 0.2) is 12.4 Å². The summed E-state index contributed by atoms with van der Waals surface area (Å²) in [5.41, 5.74) is 1.09. The van der Waals surface area contributed by atoms with Crippen LogP contribution in [0.3, 0.4) is 0 Å². The van der Waals surface area contributed by atoms with Crippen LogP contribution >= 0.6 is 11.6 Å². The van der Waals surface area contributed by atoms with Crippen LogP contribution in [0.2, 0.25) is 5.02 Å². The molecule has 0 atom stereocenters. The predicted molar refractivity (Wildman–Crippen MR) is 111 cm³/mol. The second-order valence-corrected chi connectivity index (χ2v) is 6.38. The number of Topliss-reactive ketones (excluding diaryl/α,β-unsaturated/α-hetero) is 1. The fourth-order valence-corrected chi connectivity index (χ4v) is 2.52. The SMILES string of the molecule is CNC(=O)c1nnn(/N=C\c2ccc(Cl)cc2)c1OCC(=O)c1ccc(OC)cc1. The summed E-state index contributed by atoms with van der Waals surface area (Å²) >= 11 is 5.87. The Hall–Kier alpha value is -3.72. The molecule has 154 valence electrons. The minimum atomic E-state index is -0.519. The Morgan fingerprint density at radius 3 is 2.50 bits per heavy atom. The van der Waals surface area contributed by atoms with Gasteiger partial charge in [0.2, 0.25) is 5.69 Å². The zero-order valence-electron chi connectivity index (χ0n) is 16.2. The number of aromatic nitrogens is 3. The van der Waals surface area contributed by atoms with E-state index in [9.17, 15) is 9.59 Å². The van der Waals surface area contributed by atoms with E-state index in [4.69, 9.17) is 21.1 Å². The fourth-order valence-electron chi connectivity index (χ4n) is 2.39. The minimum absolute atomic E-state index is 0.0542. The molecule has 0 aliphatic heterocycles. The average molecular weight is 428 g/mol. The zero-order valence-corrected chi connectivity index (χ0v) is 17.0. The van der Waals surface area contributed by atoms with E-state index in [1.54, 1.807) is 55.6 Å². The first kappa shape index (κ1) is 21.0. The molecule has 9 nitrogen and oxygen atoms in total. The van der Waals surface area contributed by atoms with Crippen LogP contribution in [0.25, 0.3) is 0 Å². The molecular weight excluding hydrogens is 410 g/mol.